The third-order valence-corrected chi connectivity index (χ3v) is 4.43. The Morgan fingerprint density at radius 1 is 1.11 bits per heavy atom. The Morgan fingerprint density at radius 2 is 1.75 bits per heavy atom. The topological polar surface area (TPSA) is 73.2 Å². The lowest BCUT2D eigenvalue weighted by molar-refractivity contribution is 0.0943. The van der Waals surface area contributed by atoms with E-state index in [1.165, 1.54) is 6.07 Å². The lowest BCUT2D eigenvalue weighted by Gasteiger charge is -2.11. The highest BCUT2D eigenvalue weighted by molar-refractivity contribution is 6.30. The monoisotopic (exact) mass is 397 g/mol. The van der Waals surface area contributed by atoms with Crippen LogP contribution in [0.4, 0.5) is 0 Å². The highest BCUT2D eigenvalue weighted by atomic mass is 35.5. The van der Waals surface area contributed by atoms with Crippen molar-refractivity contribution in [2.75, 3.05) is 7.11 Å². The van der Waals surface area contributed by atoms with Gasteiger partial charge in [0, 0.05) is 30.4 Å². The Balaban J connectivity index is 1.78. The number of rotatable bonds is 6. The molecule has 0 unspecified atom stereocenters. The third kappa shape index (κ3) is 4.65. The molecule has 144 valence electrons. The Morgan fingerprint density at radius 3 is 2.39 bits per heavy atom. The summed E-state index contributed by atoms with van der Waals surface area (Å²) in [6.45, 7) is 2.58. The second-order valence-corrected chi connectivity index (χ2v) is 6.76. The van der Waals surface area contributed by atoms with Crippen LogP contribution in [0.25, 0.3) is 5.69 Å². The maximum absolute atomic E-state index is 12.5. The molecule has 7 heteroatoms. The molecule has 0 spiro atoms. The summed E-state index contributed by atoms with van der Waals surface area (Å²) in [6, 6.07) is 16.1. The summed E-state index contributed by atoms with van der Waals surface area (Å²) >= 11 is 5.92. The number of ether oxygens (including phenoxy) is 1. The lowest BCUT2D eigenvalue weighted by Crippen LogP contribution is -2.31. The fourth-order valence-electron chi connectivity index (χ4n) is 2.73. The highest BCUT2D eigenvalue weighted by Crippen LogP contribution is 2.14. The summed E-state index contributed by atoms with van der Waals surface area (Å²) in [4.78, 5) is 24.8. The second-order valence-electron chi connectivity index (χ2n) is 6.32. The number of nitrogens with one attached hydrogen (secondary N) is 1. The minimum atomic E-state index is -0.520. The number of amides is 1. The number of hydrogen-bond acceptors (Lipinski definition) is 4. The van der Waals surface area contributed by atoms with E-state index in [0.717, 1.165) is 11.1 Å². The minimum Gasteiger partial charge on any atom is -0.380 e. The van der Waals surface area contributed by atoms with E-state index in [1.807, 2.05) is 24.3 Å². The fraction of sp³-hybridized carbons (Fsp3) is 0.190. The average molecular weight is 398 g/mol. The Hall–Kier alpha value is -2.96. The molecule has 6 nitrogen and oxygen atoms in total. The molecule has 1 amide bonds. The molecule has 0 saturated carbocycles. The molecule has 1 aromatic heterocycles. The van der Waals surface area contributed by atoms with Gasteiger partial charge in [0.05, 0.1) is 12.3 Å². The van der Waals surface area contributed by atoms with Gasteiger partial charge < -0.3 is 10.1 Å². The Labute approximate surface area is 167 Å². The standard InChI is InChI=1S/C21H20ClN3O3/c1-14-11-19(26)20(24-25(14)18-9-7-17(22)8-10-18)21(27)23-12-15-3-5-16(6-4-15)13-28-2/h3-11H,12-13H2,1-2H3,(H,23,27). The molecule has 3 aromatic rings. The number of benzene rings is 2. The Bertz CT molecular complexity index is 1030. The van der Waals surface area contributed by atoms with Gasteiger partial charge in [-0.1, -0.05) is 35.9 Å². The zero-order chi connectivity index (χ0) is 20.1. The molecule has 0 aliphatic carbocycles. The minimum absolute atomic E-state index is 0.156. The summed E-state index contributed by atoms with van der Waals surface area (Å²) in [7, 11) is 1.64. The SMILES string of the molecule is COCc1ccc(CNC(=O)c2nn(-c3ccc(Cl)cc3)c(C)cc2=O)cc1. The van der Waals surface area contributed by atoms with Crippen LogP contribution in [-0.2, 0) is 17.9 Å². The van der Waals surface area contributed by atoms with Crippen LogP contribution in [-0.4, -0.2) is 22.8 Å². The first-order valence-corrected chi connectivity index (χ1v) is 9.07. The summed E-state index contributed by atoms with van der Waals surface area (Å²) in [5.74, 6) is -0.520. The van der Waals surface area contributed by atoms with Crippen molar-refractivity contribution >= 4 is 17.5 Å². The van der Waals surface area contributed by atoms with Crippen LogP contribution in [0.2, 0.25) is 5.02 Å². The third-order valence-electron chi connectivity index (χ3n) is 4.18. The van der Waals surface area contributed by atoms with Crippen LogP contribution in [0.1, 0.15) is 27.3 Å². The molecular formula is C21H20ClN3O3. The molecule has 1 heterocycles. The van der Waals surface area contributed by atoms with Gasteiger partial charge in [0.25, 0.3) is 5.91 Å². The van der Waals surface area contributed by atoms with Crippen LogP contribution < -0.4 is 10.7 Å². The largest absolute Gasteiger partial charge is 0.380 e. The molecular weight excluding hydrogens is 378 g/mol. The van der Waals surface area contributed by atoms with Crippen molar-refractivity contribution in [2.24, 2.45) is 0 Å². The molecule has 0 radical (unpaired) electrons. The van der Waals surface area contributed by atoms with Crippen LogP contribution in [0.5, 0.6) is 0 Å². The van der Waals surface area contributed by atoms with E-state index >= 15 is 0 Å². The number of halogens is 1. The molecule has 0 aliphatic heterocycles. The van der Waals surface area contributed by atoms with Gasteiger partial charge in [-0.2, -0.15) is 5.10 Å². The summed E-state index contributed by atoms with van der Waals surface area (Å²) in [5.41, 5.74) is 2.72. The predicted octanol–water partition coefficient (Wildman–Crippen LogP) is 3.27. The quantitative estimate of drug-likeness (QED) is 0.692. The van der Waals surface area contributed by atoms with Crippen LogP contribution >= 0.6 is 11.6 Å². The van der Waals surface area contributed by atoms with Crippen molar-refractivity contribution in [3.05, 3.63) is 92.4 Å². The van der Waals surface area contributed by atoms with Gasteiger partial charge in [-0.15, -0.1) is 0 Å². The molecule has 28 heavy (non-hydrogen) atoms. The zero-order valence-electron chi connectivity index (χ0n) is 15.6. The maximum atomic E-state index is 12.5. The van der Waals surface area contributed by atoms with E-state index in [1.54, 1.807) is 43.0 Å². The molecule has 0 bridgehead atoms. The van der Waals surface area contributed by atoms with Gasteiger partial charge in [-0.3, -0.25) is 9.59 Å². The Kier molecular flexibility index (Phi) is 6.23. The van der Waals surface area contributed by atoms with Crippen LogP contribution in [0.15, 0.2) is 59.4 Å². The fourth-order valence-corrected chi connectivity index (χ4v) is 2.86. The van der Waals surface area contributed by atoms with Gasteiger partial charge >= 0.3 is 0 Å². The number of methoxy groups -OCH3 is 1. The molecule has 0 aliphatic rings. The number of nitrogens with zero attached hydrogens (tertiary/aromatic N) is 2. The van der Waals surface area contributed by atoms with Crippen molar-refractivity contribution in [1.82, 2.24) is 15.1 Å². The van der Waals surface area contributed by atoms with E-state index in [9.17, 15) is 9.59 Å². The normalized spacial score (nSPS) is 10.7. The van der Waals surface area contributed by atoms with Gasteiger partial charge in [-0.05, 0) is 42.3 Å². The number of hydrogen-bond donors (Lipinski definition) is 1. The first kappa shape index (κ1) is 19.8. The molecule has 3 rings (SSSR count). The van der Waals surface area contributed by atoms with E-state index < -0.39 is 11.3 Å². The number of aromatic nitrogens is 2. The molecule has 0 saturated heterocycles. The highest BCUT2D eigenvalue weighted by Gasteiger charge is 2.15. The molecule has 0 atom stereocenters. The number of aryl methyl sites for hydroxylation is 1. The number of carbonyl (C=O) groups is 1. The van der Waals surface area contributed by atoms with E-state index in [2.05, 4.69) is 10.4 Å². The van der Waals surface area contributed by atoms with Crippen molar-refractivity contribution in [3.63, 3.8) is 0 Å². The van der Waals surface area contributed by atoms with Crippen molar-refractivity contribution in [3.8, 4) is 5.69 Å². The summed E-state index contributed by atoms with van der Waals surface area (Å²) in [5, 5.41) is 7.60. The number of carbonyl (C=O) groups excluding carboxylic acids is 1. The summed E-state index contributed by atoms with van der Waals surface area (Å²) < 4.78 is 6.63. The maximum Gasteiger partial charge on any atom is 0.276 e. The lowest BCUT2D eigenvalue weighted by atomic mass is 10.1. The van der Waals surface area contributed by atoms with Gasteiger partial charge in [0.15, 0.2) is 5.69 Å². The van der Waals surface area contributed by atoms with Crippen LogP contribution in [0.3, 0.4) is 0 Å². The first-order valence-electron chi connectivity index (χ1n) is 8.70. The van der Waals surface area contributed by atoms with Gasteiger partial charge in [0.2, 0.25) is 5.43 Å². The van der Waals surface area contributed by atoms with E-state index in [-0.39, 0.29) is 5.69 Å². The van der Waals surface area contributed by atoms with Crippen LogP contribution in [0, 0.1) is 6.92 Å². The first-order chi connectivity index (χ1) is 13.5. The average Bonchev–Trinajstić information content (AvgIpc) is 2.68. The van der Waals surface area contributed by atoms with Crippen molar-refractivity contribution < 1.29 is 9.53 Å². The van der Waals surface area contributed by atoms with Gasteiger partial charge in [-0.25, -0.2) is 4.68 Å². The molecule has 0 fully saturated rings. The molecule has 2 aromatic carbocycles. The second kappa shape index (κ2) is 8.82. The van der Waals surface area contributed by atoms with Gasteiger partial charge in [0.1, 0.15) is 0 Å². The summed E-state index contributed by atoms with van der Waals surface area (Å²) in [6.07, 6.45) is 0. The predicted molar refractivity (Wildman–Crippen MR) is 108 cm³/mol. The van der Waals surface area contributed by atoms with Crippen molar-refractivity contribution in [2.45, 2.75) is 20.1 Å². The van der Waals surface area contributed by atoms with Crippen molar-refractivity contribution in [1.29, 1.82) is 0 Å². The molecule has 1 N–H and O–H groups in total. The van der Waals surface area contributed by atoms with E-state index in [0.29, 0.717) is 29.6 Å². The smallest absolute Gasteiger partial charge is 0.276 e. The van der Waals surface area contributed by atoms with E-state index in [4.69, 9.17) is 16.3 Å². The zero-order valence-corrected chi connectivity index (χ0v) is 16.4.